The van der Waals surface area contributed by atoms with E-state index < -0.39 is 0 Å². The molecule has 0 saturated heterocycles. The Morgan fingerprint density at radius 2 is 2.29 bits per heavy atom. The van der Waals surface area contributed by atoms with E-state index in [2.05, 4.69) is 26.8 Å². The van der Waals surface area contributed by atoms with Crippen LogP contribution >= 0.6 is 11.8 Å². The fourth-order valence-electron chi connectivity index (χ4n) is 3.65. The van der Waals surface area contributed by atoms with E-state index in [0.717, 1.165) is 18.6 Å². The molecular formula is C15H24OS. The van der Waals surface area contributed by atoms with E-state index in [-0.39, 0.29) is 0 Å². The van der Waals surface area contributed by atoms with Crippen molar-refractivity contribution in [3.05, 3.63) is 11.6 Å². The Balaban J connectivity index is 2.09. The highest BCUT2D eigenvalue weighted by Crippen LogP contribution is 2.52. The highest BCUT2D eigenvalue weighted by Gasteiger charge is 2.43. The largest absolute Gasteiger partial charge is 0.287 e. The van der Waals surface area contributed by atoms with Gasteiger partial charge in [-0.15, -0.1) is 0 Å². The first kappa shape index (κ1) is 13.2. The Bertz CT molecular complexity index is 334. The molecule has 0 aromatic carbocycles. The van der Waals surface area contributed by atoms with Gasteiger partial charge in [0.2, 0.25) is 0 Å². The van der Waals surface area contributed by atoms with Crippen molar-refractivity contribution in [1.29, 1.82) is 0 Å². The van der Waals surface area contributed by atoms with Crippen LogP contribution in [-0.4, -0.2) is 10.9 Å². The van der Waals surface area contributed by atoms with Crippen LogP contribution < -0.4 is 0 Å². The van der Waals surface area contributed by atoms with Crippen LogP contribution in [-0.2, 0) is 4.79 Å². The molecule has 0 aliphatic heterocycles. The molecule has 1 nitrogen and oxygen atoms in total. The normalized spacial score (nSPS) is 37.2. The topological polar surface area (TPSA) is 17.1 Å². The van der Waals surface area contributed by atoms with Gasteiger partial charge in [0.15, 0.2) is 5.12 Å². The van der Waals surface area contributed by atoms with Gasteiger partial charge in [0.1, 0.15) is 0 Å². The Hall–Kier alpha value is -0.240. The SMILES string of the molecule is CCSC(=O)[C@H]1CC[C@]2(C)CCC=C(C)[C@H]2C1. The molecule has 2 heteroatoms. The summed E-state index contributed by atoms with van der Waals surface area (Å²) >= 11 is 1.52. The van der Waals surface area contributed by atoms with E-state index in [4.69, 9.17) is 0 Å². The number of hydrogen-bond donors (Lipinski definition) is 0. The predicted octanol–water partition coefficient (Wildman–Crippen LogP) is 4.43. The molecule has 3 atom stereocenters. The fourth-order valence-corrected chi connectivity index (χ4v) is 4.38. The lowest BCUT2D eigenvalue weighted by Crippen LogP contribution is -2.38. The molecule has 0 heterocycles. The quantitative estimate of drug-likeness (QED) is 0.676. The number of hydrogen-bond acceptors (Lipinski definition) is 2. The van der Waals surface area contributed by atoms with Gasteiger partial charge in [-0.05, 0) is 56.1 Å². The zero-order chi connectivity index (χ0) is 12.5. The minimum absolute atomic E-state index is 0.319. The molecule has 96 valence electrons. The molecule has 0 aromatic heterocycles. The Labute approximate surface area is 109 Å². The maximum Gasteiger partial charge on any atom is 0.192 e. The van der Waals surface area contributed by atoms with Crippen molar-refractivity contribution in [2.24, 2.45) is 17.3 Å². The third kappa shape index (κ3) is 2.62. The van der Waals surface area contributed by atoms with Gasteiger partial charge < -0.3 is 0 Å². The highest BCUT2D eigenvalue weighted by molar-refractivity contribution is 8.13. The van der Waals surface area contributed by atoms with Gasteiger partial charge in [-0.3, -0.25) is 4.79 Å². The van der Waals surface area contributed by atoms with Gasteiger partial charge >= 0.3 is 0 Å². The Morgan fingerprint density at radius 3 is 3.00 bits per heavy atom. The second-order valence-corrected chi connectivity index (χ2v) is 7.19. The van der Waals surface area contributed by atoms with E-state index in [9.17, 15) is 4.79 Å². The number of allylic oxidation sites excluding steroid dienone is 2. The molecule has 0 unspecified atom stereocenters. The van der Waals surface area contributed by atoms with Crippen LogP contribution in [0.4, 0.5) is 0 Å². The number of rotatable bonds is 2. The minimum atomic E-state index is 0.319. The molecule has 2 rings (SSSR count). The lowest BCUT2D eigenvalue weighted by atomic mass is 9.58. The van der Waals surface area contributed by atoms with Gasteiger partial charge in [0.05, 0.1) is 0 Å². The van der Waals surface area contributed by atoms with E-state index in [1.54, 1.807) is 0 Å². The third-order valence-corrected chi connectivity index (χ3v) is 5.68. The van der Waals surface area contributed by atoms with E-state index >= 15 is 0 Å². The minimum Gasteiger partial charge on any atom is -0.287 e. The maximum absolute atomic E-state index is 12.0. The first-order valence-electron chi connectivity index (χ1n) is 6.90. The van der Waals surface area contributed by atoms with Crippen molar-refractivity contribution in [1.82, 2.24) is 0 Å². The van der Waals surface area contributed by atoms with Crippen LogP contribution in [0, 0.1) is 17.3 Å². The number of fused-ring (bicyclic) bond motifs is 1. The molecule has 2 aliphatic carbocycles. The van der Waals surface area contributed by atoms with Crippen LogP contribution in [0.25, 0.3) is 0 Å². The van der Waals surface area contributed by atoms with Gasteiger partial charge in [-0.1, -0.05) is 37.3 Å². The zero-order valence-electron chi connectivity index (χ0n) is 11.3. The van der Waals surface area contributed by atoms with Gasteiger partial charge in [0, 0.05) is 5.92 Å². The Kier molecular flexibility index (Phi) is 4.02. The van der Waals surface area contributed by atoms with Gasteiger partial charge in [-0.25, -0.2) is 0 Å². The summed E-state index contributed by atoms with van der Waals surface area (Å²) in [7, 11) is 0. The van der Waals surface area contributed by atoms with Gasteiger partial charge in [0.25, 0.3) is 0 Å². The van der Waals surface area contributed by atoms with Crippen molar-refractivity contribution in [3.8, 4) is 0 Å². The molecule has 0 amide bonds. The third-order valence-electron chi connectivity index (χ3n) is 4.78. The Morgan fingerprint density at radius 1 is 1.53 bits per heavy atom. The molecule has 17 heavy (non-hydrogen) atoms. The van der Waals surface area contributed by atoms with Crippen LogP contribution in [0.3, 0.4) is 0 Å². The summed E-state index contributed by atoms with van der Waals surface area (Å²) < 4.78 is 0. The zero-order valence-corrected chi connectivity index (χ0v) is 12.1. The molecule has 0 spiro atoms. The van der Waals surface area contributed by atoms with Crippen LogP contribution in [0.1, 0.15) is 52.9 Å². The van der Waals surface area contributed by atoms with Crippen molar-refractivity contribution >= 4 is 16.9 Å². The highest BCUT2D eigenvalue weighted by atomic mass is 32.2. The van der Waals surface area contributed by atoms with Crippen molar-refractivity contribution in [2.45, 2.75) is 52.9 Å². The average molecular weight is 252 g/mol. The monoisotopic (exact) mass is 252 g/mol. The van der Waals surface area contributed by atoms with E-state index in [0.29, 0.717) is 22.4 Å². The van der Waals surface area contributed by atoms with Crippen molar-refractivity contribution in [2.75, 3.05) is 5.75 Å². The van der Waals surface area contributed by atoms with Crippen LogP contribution in [0.15, 0.2) is 11.6 Å². The van der Waals surface area contributed by atoms with Crippen LogP contribution in [0.2, 0.25) is 0 Å². The fraction of sp³-hybridized carbons (Fsp3) is 0.800. The molecule has 0 N–H and O–H groups in total. The molecular weight excluding hydrogens is 228 g/mol. The lowest BCUT2D eigenvalue weighted by Gasteiger charge is -2.47. The lowest BCUT2D eigenvalue weighted by molar-refractivity contribution is -0.116. The van der Waals surface area contributed by atoms with E-state index in [1.807, 2.05) is 0 Å². The van der Waals surface area contributed by atoms with Gasteiger partial charge in [-0.2, -0.15) is 0 Å². The van der Waals surface area contributed by atoms with Crippen molar-refractivity contribution < 1.29 is 4.79 Å². The van der Waals surface area contributed by atoms with E-state index in [1.165, 1.54) is 36.6 Å². The first-order valence-corrected chi connectivity index (χ1v) is 7.88. The first-order chi connectivity index (χ1) is 8.07. The number of thioether (sulfide) groups is 1. The molecule has 1 saturated carbocycles. The van der Waals surface area contributed by atoms with Crippen molar-refractivity contribution in [3.63, 3.8) is 0 Å². The second kappa shape index (κ2) is 5.17. The smallest absolute Gasteiger partial charge is 0.192 e. The summed E-state index contributed by atoms with van der Waals surface area (Å²) in [6, 6.07) is 0. The van der Waals surface area contributed by atoms with Crippen LogP contribution in [0.5, 0.6) is 0 Å². The number of carbonyl (C=O) groups is 1. The summed E-state index contributed by atoms with van der Waals surface area (Å²) in [4.78, 5) is 12.0. The summed E-state index contributed by atoms with van der Waals surface area (Å²) in [6.07, 6.45) is 8.41. The standard InChI is InChI=1S/C15H24OS/c1-4-17-14(16)12-7-9-15(3)8-5-6-11(2)13(15)10-12/h6,12-13H,4-5,7-10H2,1-3H3/t12-,13+,15-/m0/s1. The maximum atomic E-state index is 12.0. The second-order valence-electron chi connectivity index (χ2n) is 5.92. The number of carbonyl (C=O) groups excluding carboxylic acids is 1. The predicted molar refractivity (Wildman–Crippen MR) is 75.1 cm³/mol. The summed E-state index contributed by atoms with van der Waals surface area (Å²) in [5.74, 6) is 1.91. The molecule has 0 aromatic rings. The molecule has 0 bridgehead atoms. The molecule has 0 radical (unpaired) electrons. The summed E-state index contributed by atoms with van der Waals surface area (Å²) in [5.41, 5.74) is 2.02. The summed E-state index contributed by atoms with van der Waals surface area (Å²) in [6.45, 7) is 6.77. The summed E-state index contributed by atoms with van der Waals surface area (Å²) in [5, 5.41) is 0.438. The molecule has 1 fully saturated rings. The average Bonchev–Trinajstić information content (AvgIpc) is 2.29. The molecule has 2 aliphatic rings.